The van der Waals surface area contributed by atoms with Crippen LogP contribution >= 0.6 is 11.3 Å². The first-order valence-corrected chi connectivity index (χ1v) is 5.68. The fraction of sp³-hybridized carbons (Fsp3) is 0. The number of carboxylic acid groups (broad SMARTS) is 1. The fourth-order valence-electron chi connectivity index (χ4n) is 1.47. The van der Waals surface area contributed by atoms with Crippen molar-refractivity contribution in [3.05, 3.63) is 45.7 Å². The van der Waals surface area contributed by atoms with Crippen LogP contribution in [0.3, 0.4) is 0 Å². The van der Waals surface area contributed by atoms with Gasteiger partial charge in [-0.25, -0.2) is 13.6 Å². The van der Waals surface area contributed by atoms with E-state index in [1.807, 2.05) is 0 Å². The lowest BCUT2D eigenvalue weighted by atomic mass is 10.1. The molecule has 0 aliphatic carbocycles. The van der Waals surface area contributed by atoms with Gasteiger partial charge < -0.3 is 5.11 Å². The molecule has 92 valence electrons. The number of aromatic carboxylic acids is 1. The number of thiophene rings is 1. The molecule has 0 aliphatic rings. The maximum atomic E-state index is 13.7. The molecule has 3 nitrogen and oxygen atoms in total. The zero-order valence-corrected chi connectivity index (χ0v) is 9.63. The Morgan fingerprint density at radius 1 is 1.28 bits per heavy atom. The summed E-state index contributed by atoms with van der Waals surface area (Å²) in [6.45, 7) is 0. The van der Waals surface area contributed by atoms with Crippen molar-refractivity contribution in [2.75, 3.05) is 0 Å². The number of rotatable bonds is 3. The highest BCUT2D eigenvalue weighted by atomic mass is 32.1. The SMILES string of the molecule is O=Cc1ccc(-c2csc(C(=O)O)c2)c(F)c1F. The predicted octanol–water partition coefficient (Wildman–Crippen LogP) is 3.20. The topological polar surface area (TPSA) is 54.4 Å². The second-order valence-corrected chi connectivity index (χ2v) is 4.36. The molecular formula is C12H6F2O3S. The molecule has 0 fully saturated rings. The lowest BCUT2D eigenvalue weighted by Gasteiger charge is -2.03. The Labute approximate surface area is 104 Å². The lowest BCUT2D eigenvalue weighted by molar-refractivity contribution is 0.0702. The monoisotopic (exact) mass is 268 g/mol. The zero-order valence-electron chi connectivity index (χ0n) is 8.81. The predicted molar refractivity (Wildman–Crippen MR) is 62.0 cm³/mol. The van der Waals surface area contributed by atoms with Crippen LogP contribution in [0.1, 0.15) is 20.0 Å². The van der Waals surface area contributed by atoms with Gasteiger partial charge in [-0.05, 0) is 23.1 Å². The summed E-state index contributed by atoms with van der Waals surface area (Å²) >= 11 is 0.919. The van der Waals surface area contributed by atoms with Crippen LogP contribution in [-0.2, 0) is 0 Å². The molecule has 0 atom stereocenters. The summed E-state index contributed by atoms with van der Waals surface area (Å²) < 4.78 is 27.1. The van der Waals surface area contributed by atoms with Crippen molar-refractivity contribution < 1.29 is 23.5 Å². The number of hydrogen-bond acceptors (Lipinski definition) is 3. The van der Waals surface area contributed by atoms with Crippen molar-refractivity contribution in [1.29, 1.82) is 0 Å². The number of halogens is 2. The van der Waals surface area contributed by atoms with Gasteiger partial charge in [0.25, 0.3) is 0 Å². The highest BCUT2D eigenvalue weighted by Crippen LogP contribution is 2.29. The molecule has 0 radical (unpaired) electrons. The highest BCUT2D eigenvalue weighted by molar-refractivity contribution is 7.12. The van der Waals surface area contributed by atoms with Gasteiger partial charge in [-0.2, -0.15) is 0 Å². The Hall–Kier alpha value is -2.08. The lowest BCUT2D eigenvalue weighted by Crippen LogP contribution is -1.95. The minimum atomic E-state index is -1.23. The first-order chi connectivity index (χ1) is 8.54. The van der Waals surface area contributed by atoms with Crippen molar-refractivity contribution in [1.82, 2.24) is 0 Å². The Morgan fingerprint density at radius 3 is 2.56 bits per heavy atom. The van der Waals surface area contributed by atoms with Gasteiger partial charge in [0.05, 0.1) is 5.56 Å². The van der Waals surface area contributed by atoms with Gasteiger partial charge in [-0.1, -0.05) is 6.07 Å². The van der Waals surface area contributed by atoms with Gasteiger partial charge in [0.1, 0.15) is 4.88 Å². The second-order valence-electron chi connectivity index (χ2n) is 3.45. The van der Waals surface area contributed by atoms with Crippen LogP contribution in [0.15, 0.2) is 23.6 Å². The number of benzene rings is 1. The molecule has 0 aliphatic heterocycles. The first-order valence-electron chi connectivity index (χ1n) is 4.80. The van der Waals surface area contributed by atoms with Gasteiger partial charge in [-0.3, -0.25) is 4.79 Å². The molecule has 0 amide bonds. The second kappa shape index (κ2) is 4.66. The molecule has 0 saturated heterocycles. The van der Waals surface area contributed by atoms with E-state index in [0.29, 0.717) is 0 Å². The smallest absolute Gasteiger partial charge is 0.345 e. The molecular weight excluding hydrogens is 262 g/mol. The largest absolute Gasteiger partial charge is 0.477 e. The third kappa shape index (κ3) is 2.02. The fourth-order valence-corrected chi connectivity index (χ4v) is 2.21. The molecule has 6 heteroatoms. The van der Waals surface area contributed by atoms with Gasteiger partial charge in [0.2, 0.25) is 0 Å². The van der Waals surface area contributed by atoms with E-state index in [2.05, 4.69) is 0 Å². The molecule has 18 heavy (non-hydrogen) atoms. The zero-order chi connectivity index (χ0) is 13.3. The van der Waals surface area contributed by atoms with Gasteiger partial charge in [-0.15, -0.1) is 11.3 Å². The third-order valence-corrected chi connectivity index (χ3v) is 3.28. The Kier molecular flexibility index (Phi) is 3.20. The summed E-state index contributed by atoms with van der Waals surface area (Å²) in [4.78, 5) is 21.2. The van der Waals surface area contributed by atoms with Crippen molar-refractivity contribution in [3.8, 4) is 11.1 Å². The van der Waals surface area contributed by atoms with E-state index in [9.17, 15) is 18.4 Å². The van der Waals surface area contributed by atoms with E-state index in [1.54, 1.807) is 0 Å². The van der Waals surface area contributed by atoms with Crippen LogP contribution in [-0.4, -0.2) is 17.4 Å². The molecule has 1 heterocycles. The van der Waals surface area contributed by atoms with E-state index >= 15 is 0 Å². The Balaban J connectivity index is 2.54. The molecule has 1 N–H and O–H groups in total. The summed E-state index contributed by atoms with van der Waals surface area (Å²) in [6.07, 6.45) is 0.221. The quantitative estimate of drug-likeness (QED) is 0.870. The average molecular weight is 268 g/mol. The summed E-state index contributed by atoms with van der Waals surface area (Å²) in [5.74, 6) is -3.52. The van der Waals surface area contributed by atoms with Crippen LogP contribution in [0.5, 0.6) is 0 Å². The molecule has 1 aromatic heterocycles. The number of aldehydes is 1. The van der Waals surface area contributed by atoms with E-state index in [0.717, 1.165) is 17.4 Å². The molecule has 2 rings (SSSR count). The number of carbonyl (C=O) groups excluding carboxylic acids is 1. The summed E-state index contributed by atoms with van der Waals surface area (Å²) in [5, 5.41) is 10.2. The molecule has 1 aromatic carbocycles. The van der Waals surface area contributed by atoms with E-state index < -0.39 is 17.6 Å². The molecule has 0 unspecified atom stereocenters. The highest BCUT2D eigenvalue weighted by Gasteiger charge is 2.16. The number of hydrogen-bond donors (Lipinski definition) is 1. The van der Waals surface area contributed by atoms with E-state index in [1.165, 1.54) is 17.5 Å². The van der Waals surface area contributed by atoms with Gasteiger partial charge in [0.15, 0.2) is 17.9 Å². The summed E-state index contributed by atoms with van der Waals surface area (Å²) in [7, 11) is 0. The van der Waals surface area contributed by atoms with Crippen LogP contribution in [0.2, 0.25) is 0 Å². The molecule has 0 bridgehead atoms. The molecule has 0 saturated carbocycles. The minimum Gasteiger partial charge on any atom is -0.477 e. The first kappa shape index (κ1) is 12.4. The minimum absolute atomic E-state index is 0.0317. The van der Waals surface area contributed by atoms with Crippen molar-refractivity contribution >= 4 is 23.6 Å². The van der Waals surface area contributed by atoms with Gasteiger partial charge in [0, 0.05) is 5.56 Å². The third-order valence-electron chi connectivity index (χ3n) is 2.36. The Morgan fingerprint density at radius 2 is 2.00 bits per heavy atom. The number of carbonyl (C=O) groups is 2. The Bertz CT molecular complexity index is 634. The van der Waals surface area contributed by atoms with Crippen molar-refractivity contribution in [3.63, 3.8) is 0 Å². The van der Waals surface area contributed by atoms with Crippen molar-refractivity contribution in [2.24, 2.45) is 0 Å². The van der Waals surface area contributed by atoms with Crippen molar-refractivity contribution in [2.45, 2.75) is 0 Å². The summed E-state index contributed by atoms with van der Waals surface area (Å²) in [6, 6.07) is 3.65. The molecule has 0 spiro atoms. The van der Waals surface area contributed by atoms with E-state index in [-0.39, 0.29) is 27.9 Å². The van der Waals surface area contributed by atoms with Gasteiger partial charge >= 0.3 is 5.97 Å². The maximum absolute atomic E-state index is 13.7. The van der Waals surface area contributed by atoms with Crippen LogP contribution < -0.4 is 0 Å². The normalized spacial score (nSPS) is 10.3. The van der Waals surface area contributed by atoms with Crippen LogP contribution in [0.25, 0.3) is 11.1 Å². The van der Waals surface area contributed by atoms with Crippen LogP contribution in [0.4, 0.5) is 8.78 Å². The maximum Gasteiger partial charge on any atom is 0.345 e. The van der Waals surface area contributed by atoms with E-state index in [4.69, 9.17) is 5.11 Å². The number of carboxylic acids is 1. The molecule has 2 aromatic rings. The standard InChI is InChI=1S/C12H6F2O3S/c13-10-6(4-15)1-2-8(11(10)14)7-3-9(12(16)17)18-5-7/h1-5H,(H,16,17). The summed E-state index contributed by atoms with van der Waals surface area (Å²) in [5.41, 5.74) is -0.168. The van der Waals surface area contributed by atoms with Crippen LogP contribution in [0, 0.1) is 11.6 Å². The average Bonchev–Trinajstić information content (AvgIpc) is 2.82.